The Labute approximate surface area is 91.9 Å². The zero-order valence-corrected chi connectivity index (χ0v) is 9.79. The fourth-order valence-electron chi connectivity index (χ4n) is 0.957. The van der Waals surface area contributed by atoms with Gasteiger partial charge in [0.25, 0.3) is 0 Å². The quantitative estimate of drug-likeness (QED) is 0.414. The highest BCUT2D eigenvalue weighted by molar-refractivity contribution is 5.69. The highest BCUT2D eigenvalue weighted by Gasteiger charge is 1.99. The standard InChI is InChI=1S/C11H22O4/c1-3-5-11(12)15-10-9-14-8-7-13-6-4-2/h3-10H2,1-2H3. The Hall–Kier alpha value is -0.610. The Balaban J connectivity index is 3.01. The molecule has 0 radical (unpaired) electrons. The predicted octanol–water partition coefficient (Wildman–Crippen LogP) is 1.77. The molecule has 0 bridgehead atoms. The maximum absolute atomic E-state index is 10.9. The molecule has 0 unspecified atom stereocenters. The van der Waals surface area contributed by atoms with Crippen molar-refractivity contribution >= 4 is 5.97 Å². The van der Waals surface area contributed by atoms with E-state index < -0.39 is 0 Å². The molecule has 4 nitrogen and oxygen atoms in total. The summed E-state index contributed by atoms with van der Waals surface area (Å²) in [6, 6.07) is 0. The molecule has 0 spiro atoms. The van der Waals surface area contributed by atoms with Crippen LogP contribution in [0.15, 0.2) is 0 Å². The second-order valence-corrected chi connectivity index (χ2v) is 3.20. The van der Waals surface area contributed by atoms with Crippen molar-refractivity contribution in [2.24, 2.45) is 0 Å². The van der Waals surface area contributed by atoms with Crippen LogP contribution in [0.4, 0.5) is 0 Å². The Morgan fingerprint density at radius 1 is 0.867 bits per heavy atom. The monoisotopic (exact) mass is 218 g/mol. The third-order valence-corrected chi connectivity index (χ3v) is 1.67. The van der Waals surface area contributed by atoms with Gasteiger partial charge >= 0.3 is 5.97 Å². The van der Waals surface area contributed by atoms with Gasteiger partial charge in [0.1, 0.15) is 6.61 Å². The fraction of sp³-hybridized carbons (Fsp3) is 0.909. The third-order valence-electron chi connectivity index (χ3n) is 1.67. The van der Waals surface area contributed by atoms with E-state index >= 15 is 0 Å². The van der Waals surface area contributed by atoms with E-state index in [2.05, 4.69) is 6.92 Å². The van der Waals surface area contributed by atoms with E-state index in [9.17, 15) is 4.79 Å². The van der Waals surface area contributed by atoms with Crippen LogP contribution < -0.4 is 0 Å². The summed E-state index contributed by atoms with van der Waals surface area (Å²) in [5, 5.41) is 0. The van der Waals surface area contributed by atoms with E-state index in [1.807, 2.05) is 6.92 Å². The van der Waals surface area contributed by atoms with Gasteiger partial charge in [-0.1, -0.05) is 13.8 Å². The molecule has 0 aromatic carbocycles. The summed E-state index contributed by atoms with van der Waals surface area (Å²) in [5.74, 6) is -0.150. The topological polar surface area (TPSA) is 44.8 Å². The van der Waals surface area contributed by atoms with E-state index in [1.165, 1.54) is 0 Å². The normalized spacial score (nSPS) is 10.3. The molecule has 0 rings (SSSR count). The lowest BCUT2D eigenvalue weighted by Gasteiger charge is -2.05. The Morgan fingerprint density at radius 3 is 2.07 bits per heavy atom. The van der Waals surface area contributed by atoms with Gasteiger partial charge in [0.15, 0.2) is 0 Å². The van der Waals surface area contributed by atoms with E-state index in [0.29, 0.717) is 32.8 Å². The van der Waals surface area contributed by atoms with Crippen molar-refractivity contribution in [3.8, 4) is 0 Å². The van der Waals surface area contributed by atoms with Gasteiger partial charge in [-0.25, -0.2) is 0 Å². The molecule has 0 aliphatic carbocycles. The zero-order chi connectivity index (χ0) is 11.4. The summed E-state index contributed by atoms with van der Waals surface area (Å²) in [4.78, 5) is 10.9. The Morgan fingerprint density at radius 2 is 1.47 bits per heavy atom. The SMILES string of the molecule is CCCOCCOCCOC(=O)CCC. The van der Waals surface area contributed by atoms with Crippen molar-refractivity contribution in [3.05, 3.63) is 0 Å². The number of hydrogen-bond acceptors (Lipinski definition) is 4. The molecule has 0 aromatic rings. The molecule has 0 N–H and O–H groups in total. The largest absolute Gasteiger partial charge is 0.463 e. The minimum atomic E-state index is -0.150. The number of carbonyl (C=O) groups is 1. The van der Waals surface area contributed by atoms with Gasteiger partial charge < -0.3 is 14.2 Å². The Bertz CT molecular complexity index is 148. The summed E-state index contributed by atoms with van der Waals surface area (Å²) in [6.07, 6.45) is 2.33. The van der Waals surface area contributed by atoms with Crippen molar-refractivity contribution in [1.82, 2.24) is 0 Å². The van der Waals surface area contributed by atoms with Crippen molar-refractivity contribution in [3.63, 3.8) is 0 Å². The molecule has 90 valence electrons. The highest BCUT2D eigenvalue weighted by atomic mass is 16.6. The molecular weight excluding hydrogens is 196 g/mol. The third kappa shape index (κ3) is 11.3. The average molecular weight is 218 g/mol. The lowest BCUT2D eigenvalue weighted by atomic mass is 10.3. The summed E-state index contributed by atoms with van der Waals surface area (Å²) >= 11 is 0. The van der Waals surface area contributed by atoms with Crippen molar-refractivity contribution in [1.29, 1.82) is 0 Å². The number of carbonyl (C=O) groups excluding carboxylic acids is 1. The molecule has 0 atom stereocenters. The first-order chi connectivity index (χ1) is 7.31. The van der Waals surface area contributed by atoms with E-state index in [4.69, 9.17) is 14.2 Å². The van der Waals surface area contributed by atoms with Crippen LogP contribution >= 0.6 is 0 Å². The van der Waals surface area contributed by atoms with E-state index in [1.54, 1.807) is 0 Å². The highest BCUT2D eigenvalue weighted by Crippen LogP contribution is 1.91. The van der Waals surface area contributed by atoms with Gasteiger partial charge in [-0.2, -0.15) is 0 Å². The molecule has 0 saturated heterocycles. The van der Waals surface area contributed by atoms with Crippen LogP contribution in [0.1, 0.15) is 33.1 Å². The molecular formula is C11H22O4. The molecule has 0 amide bonds. The minimum absolute atomic E-state index is 0.150. The molecule has 0 fully saturated rings. The Kier molecular flexibility index (Phi) is 11.0. The van der Waals surface area contributed by atoms with E-state index in [-0.39, 0.29) is 5.97 Å². The van der Waals surface area contributed by atoms with Crippen molar-refractivity contribution in [2.75, 3.05) is 33.0 Å². The molecule has 0 aliphatic heterocycles. The maximum atomic E-state index is 10.9. The number of hydrogen-bond donors (Lipinski definition) is 0. The van der Waals surface area contributed by atoms with Crippen molar-refractivity contribution in [2.45, 2.75) is 33.1 Å². The van der Waals surface area contributed by atoms with Crippen LogP contribution in [0.5, 0.6) is 0 Å². The number of ether oxygens (including phenoxy) is 3. The van der Waals surface area contributed by atoms with Crippen LogP contribution in [0.2, 0.25) is 0 Å². The van der Waals surface area contributed by atoms with Crippen LogP contribution in [0.25, 0.3) is 0 Å². The lowest BCUT2D eigenvalue weighted by molar-refractivity contribution is -0.145. The molecule has 0 aromatic heterocycles. The summed E-state index contributed by atoms with van der Waals surface area (Å²) in [5.41, 5.74) is 0. The van der Waals surface area contributed by atoms with E-state index in [0.717, 1.165) is 19.4 Å². The van der Waals surface area contributed by atoms with Gasteiger partial charge in [-0.15, -0.1) is 0 Å². The summed E-state index contributed by atoms with van der Waals surface area (Å²) in [6.45, 7) is 6.74. The van der Waals surface area contributed by atoms with Crippen LogP contribution in [0, 0.1) is 0 Å². The second kappa shape index (κ2) is 11.5. The molecule has 0 heterocycles. The van der Waals surface area contributed by atoms with Crippen LogP contribution in [0.3, 0.4) is 0 Å². The molecule has 0 aliphatic rings. The molecule has 15 heavy (non-hydrogen) atoms. The van der Waals surface area contributed by atoms with Gasteiger partial charge in [0.05, 0.1) is 19.8 Å². The second-order valence-electron chi connectivity index (χ2n) is 3.20. The van der Waals surface area contributed by atoms with Gasteiger partial charge in [0.2, 0.25) is 0 Å². The first-order valence-electron chi connectivity index (χ1n) is 5.62. The van der Waals surface area contributed by atoms with Gasteiger partial charge in [0, 0.05) is 13.0 Å². The smallest absolute Gasteiger partial charge is 0.305 e. The summed E-state index contributed by atoms with van der Waals surface area (Å²) < 4.78 is 15.3. The zero-order valence-electron chi connectivity index (χ0n) is 9.79. The first-order valence-corrected chi connectivity index (χ1v) is 5.62. The van der Waals surface area contributed by atoms with Gasteiger partial charge in [-0.3, -0.25) is 4.79 Å². The number of rotatable bonds is 10. The summed E-state index contributed by atoms with van der Waals surface area (Å²) in [7, 11) is 0. The maximum Gasteiger partial charge on any atom is 0.305 e. The average Bonchev–Trinajstić information content (AvgIpc) is 2.22. The molecule has 4 heteroatoms. The molecule has 0 saturated carbocycles. The number of esters is 1. The van der Waals surface area contributed by atoms with Crippen molar-refractivity contribution < 1.29 is 19.0 Å². The van der Waals surface area contributed by atoms with Gasteiger partial charge in [-0.05, 0) is 12.8 Å². The minimum Gasteiger partial charge on any atom is -0.463 e. The first kappa shape index (κ1) is 14.4. The predicted molar refractivity (Wildman–Crippen MR) is 57.8 cm³/mol. The lowest BCUT2D eigenvalue weighted by Crippen LogP contribution is -2.12. The fourth-order valence-corrected chi connectivity index (χ4v) is 0.957. The van der Waals surface area contributed by atoms with Crippen LogP contribution in [-0.2, 0) is 19.0 Å². The van der Waals surface area contributed by atoms with Crippen LogP contribution in [-0.4, -0.2) is 39.0 Å².